The van der Waals surface area contributed by atoms with E-state index in [0.717, 1.165) is 6.54 Å². The van der Waals surface area contributed by atoms with E-state index >= 15 is 0 Å². The summed E-state index contributed by atoms with van der Waals surface area (Å²) in [4.78, 5) is 0. The Morgan fingerprint density at radius 2 is 1.60 bits per heavy atom. The molecule has 0 saturated heterocycles. The van der Waals surface area contributed by atoms with Crippen LogP contribution in [0.4, 0.5) is 0 Å². The summed E-state index contributed by atoms with van der Waals surface area (Å²) < 4.78 is 0. The lowest BCUT2D eigenvalue weighted by Gasteiger charge is -2.56. The normalized spacial score (nSPS) is 23.8. The highest BCUT2D eigenvalue weighted by Crippen LogP contribution is 2.62. The van der Waals surface area contributed by atoms with Gasteiger partial charge in [0.1, 0.15) is 0 Å². The Labute approximate surface area is 124 Å². The highest BCUT2D eigenvalue weighted by atomic mass is 15.0. The topological polar surface area (TPSA) is 12.0 Å². The molecule has 1 N–H and O–H groups in total. The molecule has 110 valence electrons. The fraction of sp³-hybridized carbons (Fsp3) is 0.684. The Bertz CT molecular complexity index is 440. The van der Waals surface area contributed by atoms with Crippen LogP contribution in [0.3, 0.4) is 0 Å². The molecule has 0 heterocycles. The summed E-state index contributed by atoms with van der Waals surface area (Å²) in [6.07, 6.45) is 8.64. The van der Waals surface area contributed by atoms with E-state index in [-0.39, 0.29) is 5.54 Å². The molecular formula is C19H29N. The van der Waals surface area contributed by atoms with Crippen molar-refractivity contribution < 1.29 is 0 Å². The minimum absolute atomic E-state index is 0.209. The predicted octanol–water partition coefficient (Wildman–Crippen LogP) is 4.67. The van der Waals surface area contributed by atoms with Gasteiger partial charge in [-0.05, 0) is 57.4 Å². The standard InChI is InChI=1S/C19H29N/c1-17(2,3)20-15-19(16-9-5-4-6-10-16)13-18(14-19)11-7-8-12-18/h4-6,9-10,20H,7-8,11-15H2,1-3H3. The molecular weight excluding hydrogens is 242 g/mol. The van der Waals surface area contributed by atoms with Crippen LogP contribution in [0.2, 0.25) is 0 Å². The second kappa shape index (κ2) is 4.87. The Morgan fingerprint density at radius 1 is 1.00 bits per heavy atom. The molecule has 1 aromatic rings. The molecule has 0 aliphatic heterocycles. The van der Waals surface area contributed by atoms with Crippen LogP contribution in [0.1, 0.15) is 64.9 Å². The van der Waals surface area contributed by atoms with Gasteiger partial charge in [0, 0.05) is 17.5 Å². The van der Waals surface area contributed by atoms with Crippen molar-refractivity contribution >= 4 is 0 Å². The second-order valence-electron chi connectivity index (χ2n) is 8.31. The predicted molar refractivity (Wildman–Crippen MR) is 86.0 cm³/mol. The lowest BCUT2D eigenvalue weighted by atomic mass is 9.49. The van der Waals surface area contributed by atoms with Crippen molar-refractivity contribution in [3.05, 3.63) is 35.9 Å². The van der Waals surface area contributed by atoms with Crippen molar-refractivity contribution in [1.82, 2.24) is 5.32 Å². The molecule has 0 bridgehead atoms. The number of nitrogens with one attached hydrogen (secondary N) is 1. The van der Waals surface area contributed by atoms with E-state index in [1.807, 2.05) is 0 Å². The van der Waals surface area contributed by atoms with Crippen molar-refractivity contribution in [3.63, 3.8) is 0 Å². The fourth-order valence-corrected chi connectivity index (χ4v) is 4.52. The van der Waals surface area contributed by atoms with Gasteiger partial charge in [0.15, 0.2) is 0 Å². The largest absolute Gasteiger partial charge is 0.311 e. The van der Waals surface area contributed by atoms with Gasteiger partial charge < -0.3 is 5.32 Å². The van der Waals surface area contributed by atoms with E-state index in [9.17, 15) is 0 Å². The zero-order valence-electron chi connectivity index (χ0n) is 13.3. The summed E-state index contributed by atoms with van der Waals surface area (Å²) in [6, 6.07) is 11.2. The molecule has 0 amide bonds. The van der Waals surface area contributed by atoms with E-state index in [0.29, 0.717) is 10.8 Å². The third kappa shape index (κ3) is 2.65. The smallest absolute Gasteiger partial charge is 0.00968 e. The van der Waals surface area contributed by atoms with E-state index in [2.05, 4.69) is 56.4 Å². The number of hydrogen-bond donors (Lipinski definition) is 1. The average Bonchev–Trinajstić information content (AvgIpc) is 2.84. The zero-order valence-corrected chi connectivity index (χ0v) is 13.3. The SMILES string of the molecule is CC(C)(C)NCC1(c2ccccc2)CC2(CCCC2)C1. The Kier molecular flexibility index (Phi) is 3.44. The van der Waals surface area contributed by atoms with Crippen LogP contribution in [0, 0.1) is 5.41 Å². The van der Waals surface area contributed by atoms with E-state index in [1.165, 1.54) is 38.5 Å². The maximum atomic E-state index is 3.77. The van der Waals surface area contributed by atoms with Crippen molar-refractivity contribution in [2.24, 2.45) is 5.41 Å². The molecule has 20 heavy (non-hydrogen) atoms. The monoisotopic (exact) mass is 271 g/mol. The molecule has 2 aliphatic carbocycles. The van der Waals surface area contributed by atoms with E-state index < -0.39 is 0 Å². The van der Waals surface area contributed by atoms with Crippen LogP contribution in [0.15, 0.2) is 30.3 Å². The molecule has 2 saturated carbocycles. The van der Waals surface area contributed by atoms with Crippen molar-refractivity contribution in [2.45, 2.75) is 70.3 Å². The van der Waals surface area contributed by atoms with Gasteiger partial charge in [-0.3, -0.25) is 0 Å². The summed E-state index contributed by atoms with van der Waals surface area (Å²) in [6.45, 7) is 7.95. The molecule has 0 unspecified atom stereocenters. The van der Waals surface area contributed by atoms with Crippen LogP contribution in [0.25, 0.3) is 0 Å². The van der Waals surface area contributed by atoms with Crippen LogP contribution in [-0.4, -0.2) is 12.1 Å². The zero-order chi connectivity index (χ0) is 14.3. The van der Waals surface area contributed by atoms with Crippen LogP contribution < -0.4 is 5.32 Å². The molecule has 1 nitrogen and oxygen atoms in total. The Balaban J connectivity index is 1.78. The summed E-state index contributed by atoms with van der Waals surface area (Å²) >= 11 is 0. The lowest BCUT2D eigenvalue weighted by molar-refractivity contribution is 0.0230. The summed E-state index contributed by atoms with van der Waals surface area (Å²) in [7, 11) is 0. The van der Waals surface area contributed by atoms with Gasteiger partial charge in [0.2, 0.25) is 0 Å². The van der Waals surface area contributed by atoms with E-state index in [1.54, 1.807) is 5.56 Å². The van der Waals surface area contributed by atoms with Crippen LogP contribution in [-0.2, 0) is 5.41 Å². The number of benzene rings is 1. The molecule has 0 atom stereocenters. The van der Waals surface area contributed by atoms with Crippen LogP contribution >= 0.6 is 0 Å². The lowest BCUT2D eigenvalue weighted by Crippen LogP contribution is -2.56. The quantitative estimate of drug-likeness (QED) is 0.842. The first kappa shape index (κ1) is 14.1. The molecule has 0 radical (unpaired) electrons. The molecule has 2 aliphatic rings. The maximum absolute atomic E-state index is 3.77. The summed E-state index contributed by atoms with van der Waals surface area (Å²) in [5.41, 5.74) is 2.84. The molecule has 1 aromatic carbocycles. The third-order valence-corrected chi connectivity index (χ3v) is 5.43. The Morgan fingerprint density at radius 3 is 2.15 bits per heavy atom. The van der Waals surface area contributed by atoms with Gasteiger partial charge in [-0.2, -0.15) is 0 Å². The van der Waals surface area contributed by atoms with Gasteiger partial charge in [-0.15, -0.1) is 0 Å². The Hall–Kier alpha value is -0.820. The molecule has 1 heteroatoms. The summed E-state index contributed by atoms with van der Waals surface area (Å²) in [5, 5.41) is 3.77. The highest BCUT2D eigenvalue weighted by molar-refractivity contribution is 5.32. The highest BCUT2D eigenvalue weighted by Gasteiger charge is 2.55. The van der Waals surface area contributed by atoms with Gasteiger partial charge >= 0.3 is 0 Å². The first-order valence-electron chi connectivity index (χ1n) is 8.24. The minimum Gasteiger partial charge on any atom is -0.311 e. The molecule has 1 spiro atoms. The van der Waals surface area contributed by atoms with Gasteiger partial charge in [0.25, 0.3) is 0 Å². The van der Waals surface area contributed by atoms with E-state index in [4.69, 9.17) is 0 Å². The number of hydrogen-bond acceptors (Lipinski definition) is 1. The molecule has 2 fully saturated rings. The minimum atomic E-state index is 0.209. The summed E-state index contributed by atoms with van der Waals surface area (Å²) in [5.74, 6) is 0. The second-order valence-corrected chi connectivity index (χ2v) is 8.31. The average molecular weight is 271 g/mol. The van der Waals surface area contributed by atoms with Crippen LogP contribution in [0.5, 0.6) is 0 Å². The van der Waals surface area contributed by atoms with Crippen molar-refractivity contribution in [2.75, 3.05) is 6.54 Å². The van der Waals surface area contributed by atoms with Crippen molar-refractivity contribution in [1.29, 1.82) is 0 Å². The van der Waals surface area contributed by atoms with Gasteiger partial charge in [-0.25, -0.2) is 0 Å². The van der Waals surface area contributed by atoms with Gasteiger partial charge in [-0.1, -0.05) is 43.2 Å². The fourth-order valence-electron chi connectivity index (χ4n) is 4.52. The van der Waals surface area contributed by atoms with Crippen molar-refractivity contribution in [3.8, 4) is 0 Å². The first-order valence-corrected chi connectivity index (χ1v) is 8.24. The van der Waals surface area contributed by atoms with Gasteiger partial charge in [0.05, 0.1) is 0 Å². The third-order valence-electron chi connectivity index (χ3n) is 5.43. The number of rotatable bonds is 3. The first-order chi connectivity index (χ1) is 9.43. The molecule has 0 aromatic heterocycles. The molecule has 3 rings (SSSR count). The maximum Gasteiger partial charge on any atom is 0.00968 e.